The van der Waals surface area contributed by atoms with Crippen LogP contribution in [0.3, 0.4) is 0 Å². The van der Waals surface area contributed by atoms with Gasteiger partial charge in [0, 0.05) is 12.6 Å². The number of carboxylic acid groups (broad SMARTS) is 1. The fourth-order valence-corrected chi connectivity index (χ4v) is 3.17. The van der Waals surface area contributed by atoms with Gasteiger partial charge in [-0.2, -0.15) is 0 Å². The molecule has 0 spiro atoms. The summed E-state index contributed by atoms with van der Waals surface area (Å²) in [6, 6.07) is 8.00. The van der Waals surface area contributed by atoms with E-state index in [0.29, 0.717) is 17.5 Å². The van der Waals surface area contributed by atoms with E-state index in [-0.39, 0.29) is 0 Å². The average Bonchev–Trinajstić information content (AvgIpc) is 2.47. The molecule has 1 aliphatic rings. The summed E-state index contributed by atoms with van der Waals surface area (Å²) in [4.78, 5) is 13.6. The summed E-state index contributed by atoms with van der Waals surface area (Å²) in [6.07, 6.45) is 5.05. The third kappa shape index (κ3) is 3.60. The summed E-state index contributed by atoms with van der Waals surface area (Å²) >= 11 is 0. The van der Waals surface area contributed by atoms with Gasteiger partial charge in [-0.25, -0.2) is 4.79 Å². The number of piperidine rings is 1. The van der Waals surface area contributed by atoms with E-state index in [2.05, 4.69) is 18.7 Å². The molecule has 0 amide bonds. The monoisotopic (exact) mass is 275 g/mol. The average molecular weight is 275 g/mol. The van der Waals surface area contributed by atoms with Crippen molar-refractivity contribution >= 4 is 5.97 Å². The number of likely N-dealkylation sites (tertiary alicyclic amines) is 1. The number of benzene rings is 1. The highest BCUT2D eigenvalue weighted by atomic mass is 16.4. The van der Waals surface area contributed by atoms with E-state index in [1.54, 1.807) is 6.07 Å². The van der Waals surface area contributed by atoms with E-state index in [9.17, 15) is 4.79 Å². The van der Waals surface area contributed by atoms with Crippen LogP contribution >= 0.6 is 0 Å². The summed E-state index contributed by atoms with van der Waals surface area (Å²) in [5.41, 5.74) is 1.50. The lowest BCUT2D eigenvalue weighted by molar-refractivity contribution is 0.0696. The van der Waals surface area contributed by atoms with Crippen LogP contribution in [0.15, 0.2) is 24.3 Å². The van der Waals surface area contributed by atoms with Gasteiger partial charge in [-0.3, -0.25) is 4.90 Å². The Morgan fingerprint density at radius 3 is 2.95 bits per heavy atom. The highest BCUT2D eigenvalue weighted by Crippen LogP contribution is 2.26. The SMILES string of the molecule is CCC(C)C1CCCCN1Cc1cccc(C(=O)O)c1. The summed E-state index contributed by atoms with van der Waals surface area (Å²) in [5, 5.41) is 9.08. The van der Waals surface area contributed by atoms with Crippen LogP contribution < -0.4 is 0 Å². The predicted molar refractivity (Wildman–Crippen MR) is 80.9 cm³/mol. The summed E-state index contributed by atoms with van der Waals surface area (Å²) < 4.78 is 0. The molecule has 0 aromatic heterocycles. The van der Waals surface area contributed by atoms with Crippen LogP contribution in [0, 0.1) is 5.92 Å². The van der Waals surface area contributed by atoms with Crippen LogP contribution in [0.2, 0.25) is 0 Å². The molecule has 1 N–H and O–H groups in total. The first kappa shape index (κ1) is 15.0. The molecule has 1 aliphatic heterocycles. The van der Waals surface area contributed by atoms with Crippen molar-refractivity contribution in [2.75, 3.05) is 6.54 Å². The minimum atomic E-state index is -0.844. The molecular weight excluding hydrogens is 250 g/mol. The van der Waals surface area contributed by atoms with Crippen LogP contribution in [0.5, 0.6) is 0 Å². The fourth-order valence-electron chi connectivity index (χ4n) is 3.17. The van der Waals surface area contributed by atoms with Crippen LogP contribution in [0.4, 0.5) is 0 Å². The van der Waals surface area contributed by atoms with Crippen LogP contribution in [0.1, 0.15) is 55.5 Å². The molecule has 1 aromatic rings. The van der Waals surface area contributed by atoms with E-state index < -0.39 is 5.97 Å². The second-order valence-corrected chi connectivity index (χ2v) is 5.92. The standard InChI is InChI=1S/C17H25NO2/c1-3-13(2)16-9-4-5-10-18(16)12-14-7-6-8-15(11-14)17(19)20/h6-8,11,13,16H,3-5,9-10,12H2,1-2H3,(H,19,20). The number of hydrogen-bond donors (Lipinski definition) is 1. The number of nitrogens with zero attached hydrogens (tertiary/aromatic N) is 1. The number of carbonyl (C=O) groups is 1. The van der Waals surface area contributed by atoms with E-state index in [1.165, 1.54) is 25.7 Å². The molecule has 0 saturated carbocycles. The van der Waals surface area contributed by atoms with Gasteiger partial charge in [0.05, 0.1) is 5.56 Å². The highest BCUT2D eigenvalue weighted by molar-refractivity contribution is 5.87. The summed E-state index contributed by atoms with van der Waals surface area (Å²) in [5.74, 6) is -0.137. The van der Waals surface area contributed by atoms with Crippen LogP contribution in [-0.4, -0.2) is 28.6 Å². The minimum absolute atomic E-state index is 0.389. The molecule has 0 aliphatic carbocycles. The summed E-state index contributed by atoms with van der Waals surface area (Å²) in [6.45, 7) is 6.58. The molecule has 0 bridgehead atoms. The molecule has 3 heteroatoms. The van der Waals surface area contributed by atoms with E-state index in [4.69, 9.17) is 5.11 Å². The highest BCUT2D eigenvalue weighted by Gasteiger charge is 2.26. The van der Waals surface area contributed by atoms with Crippen molar-refractivity contribution in [2.24, 2.45) is 5.92 Å². The van der Waals surface area contributed by atoms with Gasteiger partial charge >= 0.3 is 5.97 Å². The van der Waals surface area contributed by atoms with Gasteiger partial charge < -0.3 is 5.11 Å². The fraction of sp³-hybridized carbons (Fsp3) is 0.588. The Bertz CT molecular complexity index is 458. The Kier molecular flexibility index (Phi) is 5.18. The van der Waals surface area contributed by atoms with Crippen LogP contribution in [0.25, 0.3) is 0 Å². The van der Waals surface area contributed by atoms with Crippen molar-refractivity contribution in [1.82, 2.24) is 4.90 Å². The van der Waals surface area contributed by atoms with Crippen molar-refractivity contribution in [1.29, 1.82) is 0 Å². The van der Waals surface area contributed by atoms with E-state index in [0.717, 1.165) is 18.7 Å². The zero-order valence-electron chi connectivity index (χ0n) is 12.5. The maximum atomic E-state index is 11.1. The number of rotatable bonds is 5. The third-order valence-electron chi connectivity index (χ3n) is 4.52. The van der Waals surface area contributed by atoms with Gasteiger partial charge in [-0.15, -0.1) is 0 Å². The smallest absolute Gasteiger partial charge is 0.335 e. The second-order valence-electron chi connectivity index (χ2n) is 5.92. The molecule has 2 unspecified atom stereocenters. The quantitative estimate of drug-likeness (QED) is 0.889. The van der Waals surface area contributed by atoms with Gasteiger partial charge in [-0.05, 0) is 43.0 Å². The Morgan fingerprint density at radius 1 is 1.45 bits per heavy atom. The normalized spacial score (nSPS) is 21.6. The van der Waals surface area contributed by atoms with Crippen LogP contribution in [-0.2, 0) is 6.54 Å². The maximum absolute atomic E-state index is 11.1. The van der Waals surface area contributed by atoms with Crippen molar-refractivity contribution in [3.05, 3.63) is 35.4 Å². The lowest BCUT2D eigenvalue weighted by Gasteiger charge is -2.39. The molecule has 2 atom stereocenters. The predicted octanol–water partition coefficient (Wildman–Crippen LogP) is 3.79. The Labute approximate surface area is 121 Å². The van der Waals surface area contributed by atoms with Gasteiger partial charge in [0.1, 0.15) is 0 Å². The molecule has 1 aromatic carbocycles. The Hall–Kier alpha value is -1.35. The minimum Gasteiger partial charge on any atom is -0.478 e. The number of aromatic carboxylic acids is 1. The zero-order valence-corrected chi connectivity index (χ0v) is 12.5. The molecule has 1 heterocycles. The van der Waals surface area contributed by atoms with E-state index in [1.807, 2.05) is 18.2 Å². The Balaban J connectivity index is 2.10. The first-order valence-corrected chi connectivity index (χ1v) is 7.68. The number of carboxylic acids is 1. The molecule has 0 radical (unpaired) electrons. The maximum Gasteiger partial charge on any atom is 0.335 e. The first-order valence-electron chi connectivity index (χ1n) is 7.68. The first-order chi connectivity index (χ1) is 9.61. The molecule has 20 heavy (non-hydrogen) atoms. The van der Waals surface area contributed by atoms with Crippen molar-refractivity contribution in [3.8, 4) is 0 Å². The molecular formula is C17H25NO2. The molecule has 2 rings (SSSR count). The molecule has 110 valence electrons. The second kappa shape index (κ2) is 6.89. The van der Waals surface area contributed by atoms with Gasteiger partial charge in [0.25, 0.3) is 0 Å². The van der Waals surface area contributed by atoms with E-state index >= 15 is 0 Å². The van der Waals surface area contributed by atoms with Gasteiger partial charge in [0.15, 0.2) is 0 Å². The third-order valence-corrected chi connectivity index (χ3v) is 4.52. The topological polar surface area (TPSA) is 40.5 Å². The summed E-state index contributed by atoms with van der Waals surface area (Å²) in [7, 11) is 0. The van der Waals surface area contributed by atoms with Crippen molar-refractivity contribution in [3.63, 3.8) is 0 Å². The van der Waals surface area contributed by atoms with Gasteiger partial charge in [-0.1, -0.05) is 38.8 Å². The molecule has 3 nitrogen and oxygen atoms in total. The van der Waals surface area contributed by atoms with Crippen molar-refractivity contribution in [2.45, 2.75) is 52.1 Å². The van der Waals surface area contributed by atoms with Gasteiger partial charge in [0.2, 0.25) is 0 Å². The number of hydrogen-bond acceptors (Lipinski definition) is 2. The molecule has 1 fully saturated rings. The van der Waals surface area contributed by atoms with Crippen molar-refractivity contribution < 1.29 is 9.90 Å². The Morgan fingerprint density at radius 2 is 2.25 bits per heavy atom. The largest absolute Gasteiger partial charge is 0.478 e. The lowest BCUT2D eigenvalue weighted by atomic mass is 9.89. The molecule has 1 saturated heterocycles. The zero-order chi connectivity index (χ0) is 14.5. The lowest BCUT2D eigenvalue weighted by Crippen LogP contribution is -2.42.